The Morgan fingerprint density at radius 2 is 1.76 bits per heavy atom. The van der Waals surface area contributed by atoms with Crippen LogP contribution in [0.15, 0.2) is 24.3 Å². The van der Waals surface area contributed by atoms with E-state index in [0.29, 0.717) is 5.69 Å². The van der Waals surface area contributed by atoms with Crippen molar-refractivity contribution in [2.24, 2.45) is 0 Å². The molecular formula is C14H10Cl4N4O3. The fraction of sp³-hybridized carbons (Fsp3) is 0.143. The average molecular weight is 424 g/mol. The van der Waals surface area contributed by atoms with Gasteiger partial charge in [0.25, 0.3) is 11.6 Å². The van der Waals surface area contributed by atoms with Crippen molar-refractivity contribution in [1.82, 2.24) is 10.3 Å². The van der Waals surface area contributed by atoms with E-state index >= 15 is 0 Å². The molecule has 0 unspecified atom stereocenters. The molecule has 7 nitrogen and oxygen atoms in total. The summed E-state index contributed by atoms with van der Waals surface area (Å²) in [5, 5.41) is 16.0. The van der Waals surface area contributed by atoms with Crippen LogP contribution in [0, 0.1) is 10.1 Å². The molecule has 0 aliphatic carbocycles. The number of rotatable bonds is 6. The van der Waals surface area contributed by atoms with Gasteiger partial charge in [-0.3, -0.25) is 14.9 Å². The molecular weight excluding hydrogens is 414 g/mol. The van der Waals surface area contributed by atoms with Gasteiger partial charge in [0, 0.05) is 19.2 Å². The van der Waals surface area contributed by atoms with Crippen LogP contribution in [-0.2, 0) is 0 Å². The lowest BCUT2D eigenvalue weighted by Crippen LogP contribution is -2.29. The highest BCUT2D eigenvalue weighted by Crippen LogP contribution is 2.36. The van der Waals surface area contributed by atoms with Crippen molar-refractivity contribution in [3.05, 3.63) is 60.3 Å². The molecule has 2 N–H and O–H groups in total. The normalized spacial score (nSPS) is 10.4. The molecule has 2 aromatic rings. The first-order valence-electron chi connectivity index (χ1n) is 6.78. The van der Waals surface area contributed by atoms with Gasteiger partial charge in [-0.25, -0.2) is 4.98 Å². The smallest absolute Gasteiger partial charge is 0.292 e. The molecule has 0 atom stereocenters. The van der Waals surface area contributed by atoms with E-state index in [4.69, 9.17) is 46.4 Å². The molecule has 0 bridgehead atoms. The molecule has 0 saturated carbocycles. The van der Waals surface area contributed by atoms with Crippen LogP contribution >= 0.6 is 46.4 Å². The van der Waals surface area contributed by atoms with Crippen molar-refractivity contribution in [2.75, 3.05) is 18.4 Å². The summed E-state index contributed by atoms with van der Waals surface area (Å²) in [6.07, 6.45) is 0. The lowest BCUT2D eigenvalue weighted by atomic mass is 10.2. The molecule has 11 heteroatoms. The third-order valence-electron chi connectivity index (χ3n) is 3.03. The number of hydrogen-bond acceptors (Lipinski definition) is 5. The Morgan fingerprint density at radius 1 is 1.08 bits per heavy atom. The number of nitrogens with zero attached hydrogens (tertiary/aromatic N) is 2. The van der Waals surface area contributed by atoms with E-state index < -0.39 is 10.8 Å². The molecule has 1 heterocycles. The SMILES string of the molecule is O=C(NCCNc1ccccc1[N+](=O)[O-])c1nc(Cl)c(Cl)c(Cl)c1Cl. The minimum Gasteiger partial charge on any atom is -0.378 e. The fourth-order valence-electron chi connectivity index (χ4n) is 1.88. The van der Waals surface area contributed by atoms with Gasteiger partial charge < -0.3 is 10.6 Å². The number of nitro groups is 1. The summed E-state index contributed by atoms with van der Waals surface area (Å²) in [6, 6.07) is 6.17. The summed E-state index contributed by atoms with van der Waals surface area (Å²) in [5.74, 6) is -0.602. The third-order valence-corrected chi connectivity index (χ3v) is 4.70. The maximum absolute atomic E-state index is 12.1. The number of aromatic nitrogens is 1. The molecule has 0 fully saturated rings. The van der Waals surface area contributed by atoms with Crippen molar-refractivity contribution in [2.45, 2.75) is 0 Å². The molecule has 0 spiro atoms. The predicted octanol–water partition coefficient (Wildman–Crippen LogP) is 4.45. The van der Waals surface area contributed by atoms with E-state index in [1.165, 1.54) is 6.07 Å². The van der Waals surface area contributed by atoms with E-state index in [2.05, 4.69) is 15.6 Å². The van der Waals surface area contributed by atoms with Crippen LogP contribution in [0.25, 0.3) is 0 Å². The van der Waals surface area contributed by atoms with Gasteiger partial charge in [-0.05, 0) is 6.07 Å². The molecule has 0 saturated heterocycles. The van der Waals surface area contributed by atoms with Crippen LogP contribution in [0.1, 0.15) is 10.5 Å². The number of anilines is 1. The Labute approximate surface area is 162 Å². The van der Waals surface area contributed by atoms with Gasteiger partial charge in [0.05, 0.1) is 20.0 Å². The minimum absolute atomic E-state index is 0.0389. The van der Waals surface area contributed by atoms with Gasteiger partial charge in [-0.2, -0.15) is 0 Å². The molecule has 1 amide bonds. The number of carbonyl (C=O) groups is 1. The van der Waals surface area contributed by atoms with Gasteiger partial charge in [0.2, 0.25) is 0 Å². The quantitative estimate of drug-likeness (QED) is 0.309. The fourth-order valence-corrected chi connectivity index (χ4v) is 2.69. The van der Waals surface area contributed by atoms with Crippen LogP contribution in [0.5, 0.6) is 0 Å². The first-order valence-corrected chi connectivity index (χ1v) is 8.29. The number of carbonyl (C=O) groups excluding carboxylic acids is 1. The van der Waals surface area contributed by atoms with Crippen LogP contribution in [0.2, 0.25) is 20.2 Å². The van der Waals surface area contributed by atoms with Crippen LogP contribution < -0.4 is 10.6 Å². The lowest BCUT2D eigenvalue weighted by molar-refractivity contribution is -0.384. The van der Waals surface area contributed by atoms with E-state index in [1.807, 2.05) is 0 Å². The molecule has 0 aliphatic rings. The van der Waals surface area contributed by atoms with Gasteiger partial charge in [0.15, 0.2) is 0 Å². The predicted molar refractivity (Wildman–Crippen MR) is 98.2 cm³/mol. The second-order valence-electron chi connectivity index (χ2n) is 4.65. The summed E-state index contributed by atoms with van der Waals surface area (Å²) in [7, 11) is 0. The monoisotopic (exact) mass is 422 g/mol. The number of amides is 1. The number of nitrogens with one attached hydrogen (secondary N) is 2. The van der Waals surface area contributed by atoms with Crippen molar-refractivity contribution < 1.29 is 9.72 Å². The number of hydrogen-bond donors (Lipinski definition) is 2. The van der Waals surface area contributed by atoms with E-state index in [1.54, 1.807) is 18.2 Å². The van der Waals surface area contributed by atoms with E-state index in [-0.39, 0.29) is 44.7 Å². The van der Waals surface area contributed by atoms with Crippen molar-refractivity contribution in [1.29, 1.82) is 0 Å². The second kappa shape index (κ2) is 8.53. The molecule has 0 aliphatic heterocycles. The number of para-hydroxylation sites is 2. The van der Waals surface area contributed by atoms with Gasteiger partial charge >= 0.3 is 0 Å². The zero-order chi connectivity index (χ0) is 18.6. The lowest BCUT2D eigenvalue weighted by Gasteiger charge is -2.10. The Morgan fingerprint density at radius 3 is 2.44 bits per heavy atom. The van der Waals surface area contributed by atoms with E-state index in [0.717, 1.165) is 0 Å². The molecule has 1 aromatic heterocycles. The Hall–Kier alpha value is -1.80. The summed E-state index contributed by atoms with van der Waals surface area (Å²) < 4.78 is 0. The Kier molecular flexibility index (Phi) is 6.66. The van der Waals surface area contributed by atoms with Gasteiger partial charge in [-0.15, -0.1) is 0 Å². The number of halogens is 4. The number of benzene rings is 1. The highest BCUT2D eigenvalue weighted by atomic mass is 35.5. The average Bonchev–Trinajstić information content (AvgIpc) is 2.60. The third kappa shape index (κ3) is 4.64. The summed E-state index contributed by atoms with van der Waals surface area (Å²) >= 11 is 23.4. The first kappa shape index (κ1) is 19.5. The molecule has 0 radical (unpaired) electrons. The first-order chi connectivity index (χ1) is 11.8. The highest BCUT2D eigenvalue weighted by Gasteiger charge is 2.20. The van der Waals surface area contributed by atoms with Crippen molar-refractivity contribution in [3.63, 3.8) is 0 Å². The molecule has 132 valence electrons. The Bertz CT molecular complexity index is 832. The van der Waals surface area contributed by atoms with Gasteiger partial charge in [-0.1, -0.05) is 58.5 Å². The van der Waals surface area contributed by atoms with Crippen molar-refractivity contribution >= 4 is 63.7 Å². The Balaban J connectivity index is 1.97. The number of pyridine rings is 1. The summed E-state index contributed by atoms with van der Waals surface area (Å²) in [4.78, 5) is 26.3. The zero-order valence-electron chi connectivity index (χ0n) is 12.4. The van der Waals surface area contributed by atoms with Gasteiger partial charge in [0.1, 0.15) is 16.5 Å². The second-order valence-corrected chi connectivity index (χ2v) is 6.14. The van der Waals surface area contributed by atoms with Crippen LogP contribution in [-0.4, -0.2) is 28.9 Å². The molecule has 25 heavy (non-hydrogen) atoms. The minimum atomic E-state index is -0.602. The summed E-state index contributed by atoms with van der Waals surface area (Å²) in [5.41, 5.74) is 0.122. The number of nitro benzene ring substituents is 1. The zero-order valence-corrected chi connectivity index (χ0v) is 15.4. The largest absolute Gasteiger partial charge is 0.378 e. The van der Waals surface area contributed by atoms with Crippen LogP contribution in [0.3, 0.4) is 0 Å². The summed E-state index contributed by atoms with van der Waals surface area (Å²) in [6.45, 7) is 0.393. The maximum atomic E-state index is 12.1. The highest BCUT2D eigenvalue weighted by molar-refractivity contribution is 6.52. The molecule has 2 rings (SSSR count). The maximum Gasteiger partial charge on any atom is 0.292 e. The topological polar surface area (TPSA) is 97.2 Å². The molecule has 1 aromatic carbocycles. The van der Waals surface area contributed by atoms with Crippen LogP contribution in [0.4, 0.5) is 11.4 Å². The van der Waals surface area contributed by atoms with Crippen molar-refractivity contribution in [3.8, 4) is 0 Å². The van der Waals surface area contributed by atoms with E-state index in [9.17, 15) is 14.9 Å². The standard InChI is InChI=1S/C14H10Cl4N4O3/c15-9-10(16)12(21-13(18)11(9)17)14(23)20-6-5-19-7-3-1-2-4-8(7)22(24)25/h1-4,19H,5-6H2,(H,20,23).